The molecule has 0 saturated carbocycles. The number of hydrogen-bond donors (Lipinski definition) is 0. The summed E-state index contributed by atoms with van der Waals surface area (Å²) in [7, 11) is -0.138. The van der Waals surface area contributed by atoms with E-state index in [1.54, 1.807) is 47.6 Å². The van der Waals surface area contributed by atoms with Crippen molar-refractivity contribution >= 4 is 15.9 Å². The first kappa shape index (κ1) is 21.1. The van der Waals surface area contributed by atoms with Crippen molar-refractivity contribution in [3.8, 4) is 5.75 Å². The quantitative estimate of drug-likeness (QED) is 0.756. The maximum atomic E-state index is 13.4. The lowest BCUT2D eigenvalue weighted by Crippen LogP contribution is -2.48. The predicted molar refractivity (Wildman–Crippen MR) is 108 cm³/mol. The van der Waals surface area contributed by atoms with Crippen molar-refractivity contribution in [3.63, 3.8) is 0 Å². The van der Waals surface area contributed by atoms with Gasteiger partial charge in [0, 0.05) is 33.7 Å². The fourth-order valence-corrected chi connectivity index (χ4v) is 5.86. The number of ether oxygens (including phenoxy) is 1. The van der Waals surface area contributed by atoms with Crippen LogP contribution < -0.4 is 4.74 Å². The molecule has 0 radical (unpaired) electrons. The molecule has 1 saturated heterocycles. The summed E-state index contributed by atoms with van der Waals surface area (Å²) in [6.45, 7) is 6.24. The van der Waals surface area contributed by atoms with Crippen molar-refractivity contribution in [3.05, 3.63) is 24.3 Å². The number of sulfonamides is 1. The van der Waals surface area contributed by atoms with Gasteiger partial charge in [-0.2, -0.15) is 4.31 Å². The Kier molecular flexibility index (Phi) is 6.31. The van der Waals surface area contributed by atoms with E-state index >= 15 is 0 Å². The molecule has 0 N–H and O–H groups in total. The highest BCUT2D eigenvalue weighted by atomic mass is 32.2. The summed E-state index contributed by atoms with van der Waals surface area (Å²) in [5.74, 6) is 0.692. The molecule has 0 aliphatic carbocycles. The molecule has 7 nitrogen and oxygen atoms in total. The number of carbonyl (C=O) groups excluding carboxylic acids is 1. The second kappa shape index (κ2) is 8.39. The minimum absolute atomic E-state index is 0.0556. The van der Waals surface area contributed by atoms with Crippen LogP contribution in [-0.4, -0.2) is 80.9 Å². The smallest absolute Gasteiger partial charge is 0.247 e. The van der Waals surface area contributed by atoms with E-state index in [4.69, 9.17) is 4.74 Å². The van der Waals surface area contributed by atoms with Crippen LogP contribution in [0.1, 0.15) is 26.7 Å². The highest BCUT2D eigenvalue weighted by Crippen LogP contribution is 2.36. The molecule has 1 aromatic carbocycles. The minimum Gasteiger partial charge on any atom is -0.487 e. The Morgan fingerprint density at radius 1 is 1.21 bits per heavy atom. The van der Waals surface area contributed by atoms with E-state index in [1.807, 2.05) is 13.8 Å². The molecule has 0 aromatic heterocycles. The fourth-order valence-electron chi connectivity index (χ4n) is 3.89. The first-order chi connectivity index (χ1) is 13.2. The summed E-state index contributed by atoms with van der Waals surface area (Å²) in [5.41, 5.74) is 0. The number of likely N-dealkylation sites (N-methyl/N-ethyl adjacent to an activating group) is 1. The lowest BCUT2D eigenvalue weighted by atomic mass is 10.0. The van der Waals surface area contributed by atoms with Crippen molar-refractivity contribution in [1.82, 2.24) is 14.1 Å². The predicted octanol–water partition coefficient (Wildman–Crippen LogP) is 1.65. The van der Waals surface area contributed by atoms with Gasteiger partial charge in [0.15, 0.2) is 0 Å². The number of rotatable bonds is 4. The van der Waals surface area contributed by atoms with Gasteiger partial charge in [0.25, 0.3) is 0 Å². The van der Waals surface area contributed by atoms with E-state index in [9.17, 15) is 13.2 Å². The molecule has 1 aromatic rings. The van der Waals surface area contributed by atoms with E-state index in [1.165, 1.54) is 0 Å². The molecule has 3 rings (SSSR count). The molecule has 1 amide bonds. The summed E-state index contributed by atoms with van der Waals surface area (Å²) >= 11 is 0. The van der Waals surface area contributed by atoms with Crippen LogP contribution in [0.25, 0.3) is 0 Å². The number of benzene rings is 1. The maximum Gasteiger partial charge on any atom is 0.247 e. The van der Waals surface area contributed by atoms with Crippen LogP contribution in [0.3, 0.4) is 0 Å². The van der Waals surface area contributed by atoms with Crippen LogP contribution >= 0.6 is 0 Å². The van der Waals surface area contributed by atoms with Crippen molar-refractivity contribution in [2.24, 2.45) is 5.92 Å². The third-order valence-corrected chi connectivity index (χ3v) is 7.32. The molecule has 2 heterocycles. The highest BCUT2D eigenvalue weighted by molar-refractivity contribution is 7.89. The third-order valence-electron chi connectivity index (χ3n) is 5.39. The van der Waals surface area contributed by atoms with Gasteiger partial charge in [-0.25, -0.2) is 8.42 Å². The number of carbonyl (C=O) groups is 1. The highest BCUT2D eigenvalue weighted by Gasteiger charge is 2.43. The lowest BCUT2D eigenvalue weighted by Gasteiger charge is -2.32. The zero-order chi connectivity index (χ0) is 20.5. The van der Waals surface area contributed by atoms with Crippen LogP contribution in [0.5, 0.6) is 5.75 Å². The maximum absolute atomic E-state index is 13.4. The summed E-state index contributed by atoms with van der Waals surface area (Å²) < 4.78 is 34.8. The Labute approximate surface area is 168 Å². The van der Waals surface area contributed by atoms with Gasteiger partial charge in [0.2, 0.25) is 15.9 Å². The van der Waals surface area contributed by atoms with Gasteiger partial charge in [0.05, 0.1) is 12.6 Å². The largest absolute Gasteiger partial charge is 0.487 e. The summed E-state index contributed by atoms with van der Waals surface area (Å²) in [6, 6.07) is 6.68. The average molecular weight is 410 g/mol. The van der Waals surface area contributed by atoms with Crippen LogP contribution in [0.15, 0.2) is 29.2 Å². The molecule has 28 heavy (non-hydrogen) atoms. The molecule has 0 unspecified atom stereocenters. The van der Waals surface area contributed by atoms with Crippen molar-refractivity contribution in [1.29, 1.82) is 0 Å². The number of hydrogen-bond acceptors (Lipinski definition) is 5. The van der Waals surface area contributed by atoms with E-state index < -0.39 is 10.0 Å². The number of likely N-dealkylation sites (tertiary alicyclic amines) is 1. The van der Waals surface area contributed by atoms with E-state index in [2.05, 4.69) is 4.90 Å². The molecule has 2 aliphatic rings. The molecule has 0 spiro atoms. The number of para-hydroxylation sites is 1. The van der Waals surface area contributed by atoms with E-state index in [0.29, 0.717) is 44.8 Å². The van der Waals surface area contributed by atoms with Gasteiger partial charge < -0.3 is 9.64 Å². The lowest BCUT2D eigenvalue weighted by molar-refractivity contribution is -0.129. The number of amides is 1. The summed E-state index contributed by atoms with van der Waals surface area (Å²) in [5, 5.41) is 0. The van der Waals surface area contributed by atoms with Gasteiger partial charge in [-0.15, -0.1) is 0 Å². The molecule has 156 valence electrons. The molecular formula is C20H31N3O4S. The summed E-state index contributed by atoms with van der Waals surface area (Å²) in [6.07, 6.45) is 1.10. The molecule has 0 bridgehead atoms. The first-order valence-electron chi connectivity index (χ1n) is 9.90. The Hall–Kier alpha value is -1.64. The SMILES string of the molecule is CC(C)CN1[C@H]2CCN(CC(=O)N(C)C)CC[C@@H]2Oc2ccccc2S1(=O)=O. The standard InChI is InChI=1S/C20H31N3O4S/c1-15(2)13-23-16-9-11-22(14-20(24)21(3)4)12-10-17(16)27-18-7-5-6-8-19(18)28(23,25)26/h5-8,15-17H,9-14H2,1-4H3/t16-,17-/m0/s1. The van der Waals surface area contributed by atoms with Gasteiger partial charge in [-0.1, -0.05) is 26.0 Å². The second-order valence-corrected chi connectivity index (χ2v) is 10.1. The Morgan fingerprint density at radius 2 is 1.89 bits per heavy atom. The zero-order valence-corrected chi connectivity index (χ0v) is 18.0. The summed E-state index contributed by atoms with van der Waals surface area (Å²) in [4.78, 5) is 16.1. The minimum atomic E-state index is -3.64. The Bertz CT molecular complexity index is 809. The number of nitrogens with zero attached hydrogens (tertiary/aromatic N) is 3. The van der Waals surface area contributed by atoms with Gasteiger partial charge in [-0.05, 0) is 30.9 Å². The van der Waals surface area contributed by atoms with Gasteiger partial charge in [-0.3, -0.25) is 9.69 Å². The van der Waals surface area contributed by atoms with Gasteiger partial charge in [0.1, 0.15) is 16.7 Å². The molecule has 2 aliphatic heterocycles. The second-order valence-electron chi connectivity index (χ2n) is 8.28. The fraction of sp³-hybridized carbons (Fsp3) is 0.650. The molecular weight excluding hydrogens is 378 g/mol. The zero-order valence-electron chi connectivity index (χ0n) is 17.2. The number of fused-ring (bicyclic) bond motifs is 2. The van der Waals surface area contributed by atoms with E-state index in [0.717, 1.165) is 0 Å². The average Bonchev–Trinajstić information content (AvgIpc) is 2.86. The van der Waals surface area contributed by atoms with Crippen molar-refractivity contribution in [2.45, 2.75) is 43.7 Å². The third kappa shape index (κ3) is 4.34. The van der Waals surface area contributed by atoms with Crippen LogP contribution in [0, 0.1) is 5.92 Å². The van der Waals surface area contributed by atoms with Crippen molar-refractivity contribution < 1.29 is 17.9 Å². The molecule has 8 heteroatoms. The van der Waals surface area contributed by atoms with Crippen LogP contribution in [0.4, 0.5) is 0 Å². The first-order valence-corrected chi connectivity index (χ1v) is 11.3. The molecule has 1 fully saturated rings. The topological polar surface area (TPSA) is 70.2 Å². The normalized spacial score (nSPS) is 25.2. The van der Waals surface area contributed by atoms with Crippen LogP contribution in [-0.2, 0) is 14.8 Å². The Balaban J connectivity index is 1.92. The molecule has 2 atom stereocenters. The van der Waals surface area contributed by atoms with Gasteiger partial charge >= 0.3 is 0 Å². The van der Waals surface area contributed by atoms with Crippen LogP contribution in [0.2, 0.25) is 0 Å². The Morgan fingerprint density at radius 3 is 2.57 bits per heavy atom. The van der Waals surface area contributed by atoms with Crippen molar-refractivity contribution in [2.75, 3.05) is 40.3 Å². The van der Waals surface area contributed by atoms with E-state index in [-0.39, 0.29) is 28.9 Å². The monoisotopic (exact) mass is 409 g/mol.